The Hall–Kier alpha value is -1.81. The summed E-state index contributed by atoms with van der Waals surface area (Å²) in [5.74, 6) is -3.01. The van der Waals surface area contributed by atoms with Gasteiger partial charge in [-0.1, -0.05) is 26.8 Å². The highest BCUT2D eigenvalue weighted by Crippen LogP contribution is 2.67. The van der Waals surface area contributed by atoms with Crippen molar-refractivity contribution in [3.05, 3.63) is 12.7 Å². The van der Waals surface area contributed by atoms with Crippen LogP contribution in [0.1, 0.15) is 60.8 Å². The van der Waals surface area contributed by atoms with E-state index in [-0.39, 0.29) is 6.42 Å². The minimum Gasteiger partial charge on any atom is -0.460 e. The zero-order valence-corrected chi connectivity index (χ0v) is 20.2. The van der Waals surface area contributed by atoms with Gasteiger partial charge in [-0.3, -0.25) is 9.59 Å². The third kappa shape index (κ3) is 3.38. The van der Waals surface area contributed by atoms with E-state index in [9.17, 15) is 29.7 Å². The van der Waals surface area contributed by atoms with Crippen molar-refractivity contribution in [2.45, 2.75) is 95.9 Å². The van der Waals surface area contributed by atoms with E-state index in [0.29, 0.717) is 12.8 Å². The first-order chi connectivity index (χ1) is 15.0. The van der Waals surface area contributed by atoms with Gasteiger partial charge in [-0.25, -0.2) is 4.79 Å². The zero-order chi connectivity index (χ0) is 25.2. The molecule has 3 rings (SSSR count). The fourth-order valence-corrected chi connectivity index (χ4v) is 7.02. The normalized spacial score (nSPS) is 46.5. The van der Waals surface area contributed by atoms with Gasteiger partial charge in [-0.15, -0.1) is 6.58 Å². The summed E-state index contributed by atoms with van der Waals surface area (Å²) in [5, 5.41) is 33.4. The number of ether oxygens (including phenoxy) is 3. The quantitative estimate of drug-likeness (QED) is 0.408. The minimum absolute atomic E-state index is 0.213. The number of ketones is 1. The fourth-order valence-electron chi connectivity index (χ4n) is 7.02. The van der Waals surface area contributed by atoms with E-state index in [1.165, 1.54) is 19.9 Å². The van der Waals surface area contributed by atoms with Gasteiger partial charge in [-0.05, 0) is 32.1 Å². The standard InChI is InChI=1S/C24H36O9/c1-8-21(5)11-14(27)24(30)22(6)15(32-16(28)12-25)9-10-20(3,4)18(22)17(29)19(31-13(2)26)23(24,7)33-21/h8,15,17-19,25,29-30H,1,9-12H2,2-7H3/t15-,17-,18-,19-,21-,22-,23+,24-/m0/s1. The lowest BCUT2D eigenvalue weighted by molar-refractivity contribution is -0.370. The van der Waals surface area contributed by atoms with Gasteiger partial charge in [-0.2, -0.15) is 0 Å². The summed E-state index contributed by atoms with van der Waals surface area (Å²) in [6.45, 7) is 12.5. The molecule has 1 aliphatic heterocycles. The Morgan fingerprint density at radius 2 is 1.82 bits per heavy atom. The van der Waals surface area contributed by atoms with E-state index < -0.39 is 76.2 Å². The van der Waals surface area contributed by atoms with Crippen molar-refractivity contribution < 1.29 is 43.9 Å². The molecule has 1 saturated heterocycles. The van der Waals surface area contributed by atoms with Crippen LogP contribution in [0.4, 0.5) is 0 Å². The van der Waals surface area contributed by atoms with Crippen LogP contribution in [0, 0.1) is 16.7 Å². The molecule has 9 heteroatoms. The van der Waals surface area contributed by atoms with Gasteiger partial charge in [0.05, 0.1) is 11.7 Å². The van der Waals surface area contributed by atoms with Gasteiger partial charge in [0.25, 0.3) is 0 Å². The second-order valence-electron chi connectivity index (χ2n) is 11.0. The molecular formula is C24H36O9. The Morgan fingerprint density at radius 3 is 2.33 bits per heavy atom. The second-order valence-corrected chi connectivity index (χ2v) is 11.0. The summed E-state index contributed by atoms with van der Waals surface area (Å²) in [6.07, 6.45) is -1.73. The molecule has 3 N–H and O–H groups in total. The Morgan fingerprint density at radius 1 is 1.21 bits per heavy atom. The van der Waals surface area contributed by atoms with Gasteiger partial charge >= 0.3 is 11.9 Å². The van der Waals surface area contributed by atoms with Crippen LogP contribution in [0.15, 0.2) is 12.7 Å². The lowest BCUT2D eigenvalue weighted by atomic mass is 9.39. The molecule has 2 aliphatic carbocycles. The molecule has 3 aliphatic rings. The van der Waals surface area contributed by atoms with Crippen molar-refractivity contribution in [1.29, 1.82) is 0 Å². The maximum Gasteiger partial charge on any atom is 0.332 e. The first kappa shape index (κ1) is 25.8. The van der Waals surface area contributed by atoms with Crippen molar-refractivity contribution in [2.75, 3.05) is 6.61 Å². The molecule has 0 unspecified atom stereocenters. The predicted molar refractivity (Wildman–Crippen MR) is 116 cm³/mol. The van der Waals surface area contributed by atoms with Crippen molar-refractivity contribution >= 4 is 17.7 Å². The van der Waals surface area contributed by atoms with Crippen LogP contribution < -0.4 is 0 Å². The van der Waals surface area contributed by atoms with E-state index in [4.69, 9.17) is 14.2 Å². The number of hydrogen-bond donors (Lipinski definition) is 3. The Kier molecular flexibility index (Phi) is 6.15. The zero-order valence-electron chi connectivity index (χ0n) is 20.2. The topological polar surface area (TPSA) is 140 Å². The number of Topliss-reactive ketones (excluding diaryl/α,β-unsaturated/α-hetero) is 1. The van der Waals surface area contributed by atoms with Crippen molar-refractivity contribution in [2.24, 2.45) is 16.7 Å². The van der Waals surface area contributed by atoms with Crippen molar-refractivity contribution in [1.82, 2.24) is 0 Å². The molecular weight excluding hydrogens is 432 g/mol. The van der Waals surface area contributed by atoms with Crippen molar-refractivity contribution in [3.8, 4) is 0 Å². The molecule has 8 atom stereocenters. The summed E-state index contributed by atoms with van der Waals surface area (Å²) in [7, 11) is 0. The molecule has 0 aromatic heterocycles. The van der Waals surface area contributed by atoms with E-state index in [1.807, 2.05) is 13.8 Å². The highest BCUT2D eigenvalue weighted by molar-refractivity contribution is 5.92. The summed E-state index contributed by atoms with van der Waals surface area (Å²) in [6, 6.07) is 0. The molecule has 0 amide bonds. The Labute approximate surface area is 194 Å². The maximum atomic E-state index is 13.9. The molecule has 0 spiro atoms. The van der Waals surface area contributed by atoms with Crippen molar-refractivity contribution in [3.63, 3.8) is 0 Å². The molecule has 33 heavy (non-hydrogen) atoms. The highest BCUT2D eigenvalue weighted by Gasteiger charge is 2.82. The largest absolute Gasteiger partial charge is 0.460 e. The fraction of sp³-hybridized carbons (Fsp3) is 0.792. The summed E-state index contributed by atoms with van der Waals surface area (Å²) in [5.41, 5.74) is -7.54. The molecule has 3 fully saturated rings. The Balaban J connectivity index is 2.33. The molecule has 9 nitrogen and oxygen atoms in total. The predicted octanol–water partition coefficient (Wildman–Crippen LogP) is 1.06. The average Bonchev–Trinajstić information content (AvgIpc) is 2.70. The number of esters is 2. The lowest BCUT2D eigenvalue weighted by Crippen LogP contribution is -2.87. The second kappa shape index (κ2) is 7.86. The van der Waals surface area contributed by atoms with Crippen LogP contribution >= 0.6 is 0 Å². The molecule has 0 radical (unpaired) electrons. The monoisotopic (exact) mass is 468 g/mol. The van der Waals surface area contributed by atoms with E-state index >= 15 is 0 Å². The molecule has 0 aromatic rings. The third-order valence-corrected chi connectivity index (χ3v) is 8.39. The number of aliphatic hydroxyl groups is 3. The van der Waals surface area contributed by atoms with Crippen LogP contribution in [0.25, 0.3) is 0 Å². The van der Waals surface area contributed by atoms with Crippen LogP contribution in [-0.4, -0.2) is 74.8 Å². The Bertz CT molecular complexity index is 868. The number of carbonyl (C=O) groups excluding carboxylic acids is 3. The van der Waals surface area contributed by atoms with Gasteiger partial charge in [0.15, 0.2) is 17.5 Å². The van der Waals surface area contributed by atoms with Crippen LogP contribution in [0.3, 0.4) is 0 Å². The number of fused-ring (bicyclic) bond motifs is 3. The summed E-state index contributed by atoms with van der Waals surface area (Å²) in [4.78, 5) is 38.0. The number of rotatable bonds is 4. The lowest BCUT2D eigenvalue weighted by Gasteiger charge is -2.71. The molecule has 186 valence electrons. The molecule has 0 bridgehead atoms. The van der Waals surface area contributed by atoms with E-state index in [2.05, 4.69) is 6.58 Å². The third-order valence-electron chi connectivity index (χ3n) is 8.39. The van der Waals surface area contributed by atoms with Crippen LogP contribution in [0.2, 0.25) is 0 Å². The van der Waals surface area contributed by atoms with E-state index in [0.717, 1.165) is 0 Å². The summed E-state index contributed by atoms with van der Waals surface area (Å²) >= 11 is 0. The van der Waals surface area contributed by atoms with Crippen LogP contribution in [-0.2, 0) is 28.6 Å². The first-order valence-electron chi connectivity index (χ1n) is 11.3. The minimum atomic E-state index is -2.30. The number of aliphatic hydroxyl groups excluding tert-OH is 2. The number of carbonyl (C=O) groups is 3. The maximum absolute atomic E-state index is 13.9. The first-order valence-corrected chi connectivity index (χ1v) is 11.3. The smallest absolute Gasteiger partial charge is 0.332 e. The molecule has 1 heterocycles. The summed E-state index contributed by atoms with van der Waals surface area (Å²) < 4.78 is 17.4. The van der Waals surface area contributed by atoms with Gasteiger partial charge in [0, 0.05) is 24.7 Å². The van der Waals surface area contributed by atoms with E-state index in [1.54, 1.807) is 13.8 Å². The van der Waals surface area contributed by atoms with Gasteiger partial charge in [0.1, 0.15) is 18.3 Å². The highest BCUT2D eigenvalue weighted by atomic mass is 16.6. The molecule has 2 saturated carbocycles. The SMILES string of the molecule is C=C[C@@]1(C)CC(=O)[C@]2(O)[C@@]3(C)[C@@H](OC(=O)CO)CCC(C)(C)[C@@H]3[C@H](O)[C@H](OC(C)=O)[C@@]2(C)O1. The van der Waals surface area contributed by atoms with Gasteiger partial charge in [0.2, 0.25) is 0 Å². The average molecular weight is 469 g/mol. The number of hydrogen-bond acceptors (Lipinski definition) is 9. The van der Waals surface area contributed by atoms with Gasteiger partial charge < -0.3 is 29.5 Å². The molecule has 0 aromatic carbocycles. The van der Waals surface area contributed by atoms with Crippen LogP contribution in [0.5, 0.6) is 0 Å².